The molecule has 1 saturated heterocycles. The molecule has 0 unspecified atom stereocenters. The number of rotatable bonds is 3. The summed E-state index contributed by atoms with van der Waals surface area (Å²) in [5.74, 6) is -0.246. The summed E-state index contributed by atoms with van der Waals surface area (Å²) in [5.41, 5.74) is 3.79. The number of piperidine rings is 1. The molecule has 0 aliphatic carbocycles. The smallest absolute Gasteiger partial charge is 0.275 e. The first-order valence-electron chi connectivity index (χ1n) is 8.68. The first kappa shape index (κ1) is 15.6. The minimum atomic E-state index is -0.246. The van der Waals surface area contributed by atoms with Crippen LogP contribution in [-0.2, 0) is 0 Å². The first-order valence-corrected chi connectivity index (χ1v) is 8.68. The van der Waals surface area contributed by atoms with Gasteiger partial charge in [-0.3, -0.25) is 9.78 Å². The fourth-order valence-corrected chi connectivity index (χ4v) is 3.17. The van der Waals surface area contributed by atoms with Crippen LogP contribution in [0.2, 0.25) is 0 Å². The molecule has 0 spiro atoms. The molecular formula is C20H20N4O. The molecule has 1 aliphatic heterocycles. The van der Waals surface area contributed by atoms with E-state index in [2.05, 4.69) is 32.3 Å². The maximum absolute atomic E-state index is 12.4. The highest BCUT2D eigenvalue weighted by Crippen LogP contribution is 2.22. The number of fused-ring (bicyclic) bond motifs is 1. The summed E-state index contributed by atoms with van der Waals surface area (Å²) in [6.45, 7) is 2.22. The van der Waals surface area contributed by atoms with Gasteiger partial charge in [0.15, 0.2) is 0 Å². The predicted molar refractivity (Wildman–Crippen MR) is 100.0 cm³/mol. The molecule has 25 heavy (non-hydrogen) atoms. The predicted octanol–water partition coefficient (Wildman–Crippen LogP) is 3.87. The number of anilines is 2. The standard InChI is InChI=1S/C20H20N4O/c25-20(19-14-21-17-6-2-3-7-18(17)23-19)22-15-8-10-16(11-9-15)24-12-4-1-5-13-24/h2-3,6-11,14H,1,4-5,12-13H2,(H,22,25). The Morgan fingerprint density at radius 2 is 1.64 bits per heavy atom. The fourth-order valence-electron chi connectivity index (χ4n) is 3.17. The molecule has 1 fully saturated rings. The number of hydrogen-bond donors (Lipinski definition) is 1. The number of amides is 1. The Labute approximate surface area is 146 Å². The molecule has 5 heteroatoms. The summed E-state index contributed by atoms with van der Waals surface area (Å²) < 4.78 is 0. The molecule has 1 N–H and O–H groups in total. The molecule has 4 rings (SSSR count). The van der Waals surface area contributed by atoms with Gasteiger partial charge in [-0.2, -0.15) is 0 Å². The van der Waals surface area contributed by atoms with Crippen molar-refractivity contribution in [3.05, 3.63) is 60.4 Å². The SMILES string of the molecule is O=C(Nc1ccc(N2CCCCC2)cc1)c1cnc2ccccc2n1. The van der Waals surface area contributed by atoms with E-state index in [9.17, 15) is 4.79 Å². The Kier molecular flexibility index (Phi) is 4.29. The number of nitrogens with zero attached hydrogens (tertiary/aromatic N) is 3. The Balaban J connectivity index is 1.47. The van der Waals surface area contributed by atoms with Crippen LogP contribution in [0.5, 0.6) is 0 Å². The Hall–Kier alpha value is -2.95. The third-order valence-corrected chi connectivity index (χ3v) is 4.53. The molecular weight excluding hydrogens is 312 g/mol. The highest BCUT2D eigenvalue weighted by molar-refractivity contribution is 6.03. The largest absolute Gasteiger partial charge is 0.372 e. The van der Waals surface area contributed by atoms with E-state index in [1.807, 2.05) is 36.4 Å². The van der Waals surface area contributed by atoms with E-state index in [4.69, 9.17) is 0 Å². The number of hydrogen-bond acceptors (Lipinski definition) is 4. The number of carbonyl (C=O) groups is 1. The third kappa shape index (κ3) is 3.45. The molecule has 0 bridgehead atoms. The number of carbonyl (C=O) groups excluding carboxylic acids is 1. The second kappa shape index (κ2) is 6.89. The minimum absolute atomic E-state index is 0.246. The van der Waals surface area contributed by atoms with Gasteiger partial charge in [0.05, 0.1) is 17.2 Å². The van der Waals surface area contributed by atoms with Crippen LogP contribution in [0.1, 0.15) is 29.8 Å². The summed E-state index contributed by atoms with van der Waals surface area (Å²) in [6.07, 6.45) is 5.33. The van der Waals surface area contributed by atoms with Crippen molar-refractivity contribution in [2.45, 2.75) is 19.3 Å². The van der Waals surface area contributed by atoms with Crippen LogP contribution in [0.25, 0.3) is 11.0 Å². The summed E-state index contributed by atoms with van der Waals surface area (Å²) in [6, 6.07) is 15.5. The first-order chi connectivity index (χ1) is 12.3. The van der Waals surface area contributed by atoms with Gasteiger partial charge in [0.25, 0.3) is 5.91 Å². The lowest BCUT2D eigenvalue weighted by atomic mass is 10.1. The molecule has 0 saturated carbocycles. The van der Waals surface area contributed by atoms with Gasteiger partial charge in [0.1, 0.15) is 5.69 Å². The molecule has 2 aromatic carbocycles. The van der Waals surface area contributed by atoms with Gasteiger partial charge in [-0.1, -0.05) is 12.1 Å². The van der Waals surface area contributed by atoms with Gasteiger partial charge in [-0.25, -0.2) is 4.98 Å². The summed E-state index contributed by atoms with van der Waals surface area (Å²) in [4.78, 5) is 23.5. The summed E-state index contributed by atoms with van der Waals surface area (Å²) in [7, 11) is 0. The molecule has 1 aliphatic rings. The monoisotopic (exact) mass is 332 g/mol. The van der Waals surface area contributed by atoms with Crippen LogP contribution in [0.4, 0.5) is 11.4 Å². The van der Waals surface area contributed by atoms with Crippen LogP contribution < -0.4 is 10.2 Å². The van der Waals surface area contributed by atoms with Gasteiger partial charge < -0.3 is 10.2 Å². The van der Waals surface area contributed by atoms with Crippen molar-refractivity contribution < 1.29 is 4.79 Å². The van der Waals surface area contributed by atoms with E-state index in [0.717, 1.165) is 29.8 Å². The van der Waals surface area contributed by atoms with Gasteiger partial charge >= 0.3 is 0 Å². The van der Waals surface area contributed by atoms with Gasteiger partial charge in [0.2, 0.25) is 0 Å². The number of benzene rings is 2. The van der Waals surface area contributed by atoms with E-state index >= 15 is 0 Å². The Morgan fingerprint density at radius 1 is 0.920 bits per heavy atom. The van der Waals surface area contributed by atoms with Crippen LogP contribution in [0, 0.1) is 0 Å². The third-order valence-electron chi connectivity index (χ3n) is 4.53. The second-order valence-corrected chi connectivity index (χ2v) is 6.29. The fraction of sp³-hybridized carbons (Fsp3) is 0.250. The summed E-state index contributed by atoms with van der Waals surface area (Å²) >= 11 is 0. The van der Waals surface area contributed by atoms with Crippen LogP contribution >= 0.6 is 0 Å². The van der Waals surface area contributed by atoms with Gasteiger partial charge in [-0.05, 0) is 55.7 Å². The lowest BCUT2D eigenvalue weighted by molar-refractivity contribution is 0.102. The highest BCUT2D eigenvalue weighted by atomic mass is 16.1. The lowest BCUT2D eigenvalue weighted by Gasteiger charge is -2.28. The molecule has 0 atom stereocenters. The van der Waals surface area contributed by atoms with Crippen molar-refractivity contribution in [1.82, 2.24) is 9.97 Å². The quantitative estimate of drug-likeness (QED) is 0.791. The van der Waals surface area contributed by atoms with Crippen molar-refractivity contribution in [2.24, 2.45) is 0 Å². The Morgan fingerprint density at radius 3 is 2.40 bits per heavy atom. The Bertz CT molecular complexity index is 886. The van der Waals surface area contributed by atoms with Crippen molar-refractivity contribution >= 4 is 28.3 Å². The average molecular weight is 332 g/mol. The van der Waals surface area contributed by atoms with E-state index in [1.165, 1.54) is 31.1 Å². The number of nitrogens with one attached hydrogen (secondary N) is 1. The van der Waals surface area contributed by atoms with Gasteiger partial charge in [0, 0.05) is 24.5 Å². The summed E-state index contributed by atoms with van der Waals surface area (Å²) in [5, 5.41) is 2.89. The zero-order valence-corrected chi connectivity index (χ0v) is 14.0. The van der Waals surface area contributed by atoms with E-state index in [0.29, 0.717) is 5.69 Å². The maximum Gasteiger partial charge on any atom is 0.275 e. The number of para-hydroxylation sites is 2. The van der Waals surface area contributed by atoms with E-state index < -0.39 is 0 Å². The van der Waals surface area contributed by atoms with E-state index in [-0.39, 0.29) is 5.91 Å². The zero-order valence-electron chi connectivity index (χ0n) is 14.0. The topological polar surface area (TPSA) is 58.1 Å². The highest BCUT2D eigenvalue weighted by Gasteiger charge is 2.12. The molecule has 0 radical (unpaired) electrons. The van der Waals surface area contributed by atoms with Crippen LogP contribution in [0.15, 0.2) is 54.7 Å². The zero-order chi connectivity index (χ0) is 17.1. The molecule has 3 aromatic rings. The average Bonchev–Trinajstić information content (AvgIpc) is 2.69. The van der Waals surface area contributed by atoms with Crippen molar-refractivity contribution in [3.63, 3.8) is 0 Å². The maximum atomic E-state index is 12.4. The van der Waals surface area contributed by atoms with Crippen LogP contribution in [-0.4, -0.2) is 29.0 Å². The molecule has 1 amide bonds. The second-order valence-electron chi connectivity index (χ2n) is 6.29. The molecule has 5 nitrogen and oxygen atoms in total. The van der Waals surface area contributed by atoms with Crippen molar-refractivity contribution in [1.29, 1.82) is 0 Å². The molecule has 2 heterocycles. The van der Waals surface area contributed by atoms with Crippen molar-refractivity contribution in [2.75, 3.05) is 23.3 Å². The van der Waals surface area contributed by atoms with E-state index in [1.54, 1.807) is 0 Å². The van der Waals surface area contributed by atoms with Gasteiger partial charge in [-0.15, -0.1) is 0 Å². The number of aromatic nitrogens is 2. The normalized spacial score (nSPS) is 14.5. The molecule has 126 valence electrons. The minimum Gasteiger partial charge on any atom is -0.372 e. The van der Waals surface area contributed by atoms with Crippen molar-refractivity contribution in [3.8, 4) is 0 Å². The lowest BCUT2D eigenvalue weighted by Crippen LogP contribution is -2.29. The van der Waals surface area contributed by atoms with Crippen LogP contribution in [0.3, 0.4) is 0 Å². The molecule has 1 aromatic heterocycles.